The summed E-state index contributed by atoms with van der Waals surface area (Å²) in [6.07, 6.45) is 0. The van der Waals surface area contributed by atoms with E-state index in [9.17, 15) is 31.7 Å². The first-order valence-electron chi connectivity index (χ1n) is 7.24. The molecule has 0 aromatic heterocycles. The van der Waals surface area contributed by atoms with Crippen LogP contribution in [-0.2, 0) is 15.8 Å². The minimum atomic E-state index is -5.31. The number of non-ortho nitro benzene ring substituents is 1. The van der Waals surface area contributed by atoms with Crippen molar-refractivity contribution < 1.29 is 26.5 Å². The molecule has 1 aromatic rings. The van der Waals surface area contributed by atoms with Gasteiger partial charge in [-0.2, -0.15) is 17.5 Å². The Kier molecular flexibility index (Phi) is 6.47. The van der Waals surface area contributed by atoms with Gasteiger partial charge in [-0.1, -0.05) is 36.1 Å². The maximum atomic E-state index is 12.5. The molecular weight excluding hydrogens is 415 g/mol. The highest BCUT2D eigenvalue weighted by atomic mass is 32.2. The number of piperazine rings is 1. The molecule has 0 radical (unpaired) electrons. The molecule has 1 aromatic carbocycles. The molecule has 26 heavy (non-hydrogen) atoms. The summed E-state index contributed by atoms with van der Waals surface area (Å²) < 4.78 is 61.2. The van der Waals surface area contributed by atoms with Gasteiger partial charge >= 0.3 is 15.5 Å². The van der Waals surface area contributed by atoms with E-state index in [2.05, 4.69) is 0 Å². The summed E-state index contributed by atoms with van der Waals surface area (Å²) in [5.41, 5.74) is -4.52. The summed E-state index contributed by atoms with van der Waals surface area (Å²) in [5.74, 6) is 0.442. The van der Waals surface area contributed by atoms with Crippen LogP contribution in [0.1, 0.15) is 5.56 Å². The number of halogens is 3. The molecule has 1 fully saturated rings. The second-order valence-electron chi connectivity index (χ2n) is 5.32. The Balaban J connectivity index is 1.86. The molecule has 0 aliphatic carbocycles. The lowest BCUT2D eigenvalue weighted by Gasteiger charge is -2.35. The number of nitrogens with zero attached hydrogens (tertiary/aromatic N) is 3. The number of thiocarbonyl (C=S) groups is 1. The number of nitro groups is 1. The highest BCUT2D eigenvalue weighted by Crippen LogP contribution is 2.28. The summed E-state index contributed by atoms with van der Waals surface area (Å²) in [7, 11) is -5.31. The summed E-state index contributed by atoms with van der Waals surface area (Å²) in [5, 5.41) is 10.6. The molecule has 1 saturated heterocycles. The number of hydrogen-bond donors (Lipinski definition) is 0. The number of benzene rings is 1. The number of hydrogen-bond acceptors (Lipinski definition) is 6. The summed E-state index contributed by atoms with van der Waals surface area (Å²) >= 11 is 6.50. The van der Waals surface area contributed by atoms with Gasteiger partial charge in [0.15, 0.2) is 0 Å². The minimum Gasteiger partial charge on any atom is -0.355 e. The van der Waals surface area contributed by atoms with Gasteiger partial charge in [-0.15, -0.1) is 0 Å². The van der Waals surface area contributed by atoms with Crippen LogP contribution in [-0.4, -0.2) is 58.6 Å². The average Bonchev–Trinajstić information content (AvgIpc) is 2.59. The number of sulfonamides is 1. The van der Waals surface area contributed by atoms with E-state index in [0.717, 1.165) is 5.56 Å². The molecule has 7 nitrogen and oxygen atoms in total. The second-order valence-corrected chi connectivity index (χ2v) is 8.85. The van der Waals surface area contributed by atoms with Gasteiger partial charge in [0.2, 0.25) is 0 Å². The lowest BCUT2D eigenvalue weighted by Crippen LogP contribution is -2.52. The zero-order valence-electron chi connectivity index (χ0n) is 13.2. The topological polar surface area (TPSA) is 83.8 Å². The van der Waals surface area contributed by atoms with Gasteiger partial charge in [0.25, 0.3) is 5.69 Å². The van der Waals surface area contributed by atoms with Gasteiger partial charge in [-0.3, -0.25) is 10.1 Å². The molecule has 0 N–H and O–H groups in total. The highest BCUT2D eigenvalue weighted by molar-refractivity contribution is 8.22. The molecule has 1 aliphatic rings. The lowest BCUT2D eigenvalue weighted by molar-refractivity contribution is -0.384. The van der Waals surface area contributed by atoms with Crippen LogP contribution in [0.5, 0.6) is 0 Å². The molecule has 0 spiro atoms. The Morgan fingerprint density at radius 1 is 1.19 bits per heavy atom. The molecule has 1 aliphatic heterocycles. The van der Waals surface area contributed by atoms with Crippen molar-refractivity contribution in [2.45, 2.75) is 11.3 Å². The Hall–Kier alpha value is -1.44. The molecular formula is C13H14F3N3O4S3. The normalized spacial score (nSPS) is 16.5. The summed E-state index contributed by atoms with van der Waals surface area (Å²) in [6.45, 7) is -0.442. The van der Waals surface area contributed by atoms with Crippen LogP contribution < -0.4 is 0 Å². The van der Waals surface area contributed by atoms with Crippen molar-refractivity contribution in [3.8, 4) is 0 Å². The van der Waals surface area contributed by atoms with E-state index in [1.807, 2.05) is 0 Å². The van der Waals surface area contributed by atoms with Crippen LogP contribution in [0.3, 0.4) is 0 Å². The first-order valence-corrected chi connectivity index (χ1v) is 10.1. The molecule has 1 heterocycles. The first kappa shape index (κ1) is 20.9. The average molecular weight is 429 g/mol. The monoisotopic (exact) mass is 429 g/mol. The fraction of sp³-hybridized carbons (Fsp3) is 0.462. The van der Waals surface area contributed by atoms with Crippen molar-refractivity contribution in [1.29, 1.82) is 0 Å². The van der Waals surface area contributed by atoms with E-state index in [0.29, 0.717) is 14.4 Å². The van der Waals surface area contributed by atoms with Gasteiger partial charge in [0.1, 0.15) is 4.32 Å². The van der Waals surface area contributed by atoms with Crippen molar-refractivity contribution in [1.82, 2.24) is 9.21 Å². The first-order chi connectivity index (χ1) is 12.0. The predicted octanol–water partition coefficient (Wildman–Crippen LogP) is 2.58. The largest absolute Gasteiger partial charge is 0.511 e. The van der Waals surface area contributed by atoms with Gasteiger partial charge < -0.3 is 4.90 Å². The standard InChI is InChI=1S/C13H14F3N3O4S3/c14-13(15,16)26(22,23)18-7-5-17(6-8-18)12(24)25-9-10-1-3-11(4-2-10)19(20)21/h1-4H,5-9H2. The van der Waals surface area contributed by atoms with E-state index in [-0.39, 0.29) is 31.9 Å². The quantitative estimate of drug-likeness (QED) is 0.413. The second kappa shape index (κ2) is 8.06. The summed E-state index contributed by atoms with van der Waals surface area (Å²) in [6, 6.07) is 5.95. The molecule has 2 rings (SSSR count). The van der Waals surface area contributed by atoms with E-state index < -0.39 is 20.5 Å². The fourth-order valence-electron chi connectivity index (χ4n) is 2.21. The molecule has 0 amide bonds. The Morgan fingerprint density at radius 2 is 1.73 bits per heavy atom. The van der Waals surface area contributed by atoms with Gasteiger partial charge in [-0.25, -0.2) is 8.42 Å². The Bertz CT molecular complexity index is 776. The number of nitro benzene ring substituents is 1. The molecule has 0 bridgehead atoms. The third-order valence-corrected chi connectivity index (χ3v) is 6.86. The van der Waals surface area contributed by atoms with Crippen molar-refractivity contribution >= 4 is 44.0 Å². The van der Waals surface area contributed by atoms with Crippen molar-refractivity contribution in [2.24, 2.45) is 0 Å². The molecule has 0 unspecified atom stereocenters. The van der Waals surface area contributed by atoms with Crippen LogP contribution in [0.2, 0.25) is 0 Å². The lowest BCUT2D eigenvalue weighted by atomic mass is 10.2. The van der Waals surface area contributed by atoms with Crippen LogP contribution in [0.25, 0.3) is 0 Å². The highest BCUT2D eigenvalue weighted by Gasteiger charge is 2.50. The molecule has 0 atom stereocenters. The zero-order chi connectivity index (χ0) is 19.5. The van der Waals surface area contributed by atoms with Gasteiger partial charge in [0.05, 0.1) is 4.92 Å². The van der Waals surface area contributed by atoms with Crippen molar-refractivity contribution in [3.63, 3.8) is 0 Å². The smallest absolute Gasteiger partial charge is 0.355 e. The maximum Gasteiger partial charge on any atom is 0.511 e. The van der Waals surface area contributed by atoms with Crippen LogP contribution in [0, 0.1) is 10.1 Å². The van der Waals surface area contributed by atoms with Crippen LogP contribution in [0.15, 0.2) is 24.3 Å². The molecule has 0 saturated carbocycles. The van der Waals surface area contributed by atoms with E-state index >= 15 is 0 Å². The predicted molar refractivity (Wildman–Crippen MR) is 95.1 cm³/mol. The SMILES string of the molecule is O=[N+]([O-])c1ccc(CSC(=S)N2CCN(S(=O)(=O)C(F)(F)F)CC2)cc1. The number of rotatable bonds is 4. The fourth-order valence-corrected chi connectivity index (χ4v) is 4.35. The number of thioether (sulfide) groups is 1. The maximum absolute atomic E-state index is 12.5. The minimum absolute atomic E-state index is 0.0247. The van der Waals surface area contributed by atoms with E-state index in [1.54, 1.807) is 17.0 Å². The van der Waals surface area contributed by atoms with Crippen molar-refractivity contribution in [3.05, 3.63) is 39.9 Å². The Morgan fingerprint density at radius 3 is 2.19 bits per heavy atom. The molecule has 144 valence electrons. The van der Waals surface area contributed by atoms with Gasteiger partial charge in [0, 0.05) is 44.1 Å². The van der Waals surface area contributed by atoms with E-state index in [4.69, 9.17) is 12.2 Å². The van der Waals surface area contributed by atoms with Crippen LogP contribution >= 0.6 is 24.0 Å². The van der Waals surface area contributed by atoms with Crippen LogP contribution in [0.4, 0.5) is 18.9 Å². The third-order valence-electron chi connectivity index (χ3n) is 3.64. The van der Waals surface area contributed by atoms with Gasteiger partial charge in [-0.05, 0) is 5.56 Å². The van der Waals surface area contributed by atoms with Crippen molar-refractivity contribution in [2.75, 3.05) is 26.2 Å². The third kappa shape index (κ3) is 4.84. The zero-order valence-corrected chi connectivity index (χ0v) is 15.6. The molecule has 13 heteroatoms. The van der Waals surface area contributed by atoms with E-state index in [1.165, 1.54) is 23.9 Å². The summed E-state index contributed by atoms with van der Waals surface area (Å²) in [4.78, 5) is 11.7. The number of alkyl halides is 3. The Labute approximate surface area is 157 Å².